The minimum atomic E-state index is -0.913. The van der Waals surface area contributed by atoms with Crippen LogP contribution in [0.4, 0.5) is 17.1 Å². The molecule has 6 nitrogen and oxygen atoms in total. The summed E-state index contributed by atoms with van der Waals surface area (Å²) < 4.78 is 0. The van der Waals surface area contributed by atoms with E-state index in [2.05, 4.69) is 39.4 Å². The molecule has 1 aliphatic heterocycles. The molecule has 0 bridgehead atoms. The van der Waals surface area contributed by atoms with Crippen molar-refractivity contribution < 1.29 is 14.7 Å². The van der Waals surface area contributed by atoms with Crippen LogP contribution in [0.15, 0.2) is 66.7 Å². The average Bonchev–Trinajstić information content (AvgIpc) is 2.80. The van der Waals surface area contributed by atoms with E-state index in [1.165, 1.54) is 5.69 Å². The Morgan fingerprint density at radius 2 is 1.30 bits per heavy atom. The second-order valence-corrected chi connectivity index (χ2v) is 7.84. The first kappa shape index (κ1) is 20.0. The Bertz CT molecular complexity index is 903. The first-order valence-corrected chi connectivity index (χ1v) is 10.5. The monoisotopic (exact) mass is 405 g/mol. The molecular formula is C24H27N3O3. The van der Waals surface area contributed by atoms with Crippen LogP contribution >= 0.6 is 0 Å². The van der Waals surface area contributed by atoms with Crippen molar-refractivity contribution in [3.8, 4) is 0 Å². The smallest absolute Gasteiger partial charge is 0.307 e. The second kappa shape index (κ2) is 9.03. The van der Waals surface area contributed by atoms with Gasteiger partial charge in [0.25, 0.3) is 0 Å². The van der Waals surface area contributed by atoms with Crippen molar-refractivity contribution >= 4 is 28.9 Å². The van der Waals surface area contributed by atoms with E-state index in [0.29, 0.717) is 18.5 Å². The molecule has 4 rings (SSSR count). The van der Waals surface area contributed by atoms with Crippen molar-refractivity contribution in [1.82, 2.24) is 0 Å². The second-order valence-electron chi connectivity index (χ2n) is 7.84. The van der Waals surface area contributed by atoms with Crippen LogP contribution in [0.1, 0.15) is 12.8 Å². The number of rotatable bonds is 5. The summed E-state index contributed by atoms with van der Waals surface area (Å²) >= 11 is 0. The van der Waals surface area contributed by atoms with Gasteiger partial charge in [0.05, 0.1) is 11.8 Å². The number of allylic oxidation sites excluding steroid dienone is 2. The molecule has 30 heavy (non-hydrogen) atoms. The van der Waals surface area contributed by atoms with Gasteiger partial charge in [0.1, 0.15) is 0 Å². The molecule has 0 saturated carbocycles. The fourth-order valence-electron chi connectivity index (χ4n) is 4.23. The summed E-state index contributed by atoms with van der Waals surface area (Å²) in [5.74, 6) is -2.33. The summed E-state index contributed by atoms with van der Waals surface area (Å²) in [6.07, 6.45) is 4.60. The fraction of sp³-hybridized carbons (Fsp3) is 0.333. The van der Waals surface area contributed by atoms with E-state index >= 15 is 0 Å². The molecule has 156 valence electrons. The number of para-hydroxylation sites is 1. The van der Waals surface area contributed by atoms with Crippen LogP contribution in [0, 0.1) is 11.8 Å². The van der Waals surface area contributed by atoms with Crippen LogP contribution in [0.2, 0.25) is 0 Å². The molecule has 1 fully saturated rings. The first-order valence-electron chi connectivity index (χ1n) is 10.5. The van der Waals surface area contributed by atoms with Crippen LogP contribution in [0.3, 0.4) is 0 Å². The Kier molecular flexibility index (Phi) is 6.02. The van der Waals surface area contributed by atoms with Gasteiger partial charge in [0.15, 0.2) is 0 Å². The van der Waals surface area contributed by atoms with Crippen molar-refractivity contribution in [3.63, 3.8) is 0 Å². The van der Waals surface area contributed by atoms with Gasteiger partial charge in [-0.05, 0) is 49.2 Å². The number of nitrogens with one attached hydrogen (secondary N) is 1. The topological polar surface area (TPSA) is 72.9 Å². The van der Waals surface area contributed by atoms with Crippen LogP contribution in [-0.2, 0) is 9.59 Å². The molecular weight excluding hydrogens is 378 g/mol. The maximum Gasteiger partial charge on any atom is 0.307 e. The average molecular weight is 405 g/mol. The molecule has 1 aliphatic carbocycles. The lowest BCUT2D eigenvalue weighted by atomic mass is 9.82. The first-order chi connectivity index (χ1) is 14.6. The molecule has 1 saturated heterocycles. The summed E-state index contributed by atoms with van der Waals surface area (Å²) in [5, 5.41) is 12.3. The fourth-order valence-corrected chi connectivity index (χ4v) is 4.23. The quantitative estimate of drug-likeness (QED) is 0.744. The minimum Gasteiger partial charge on any atom is -0.481 e. The molecule has 1 amide bonds. The van der Waals surface area contributed by atoms with E-state index in [4.69, 9.17) is 0 Å². The molecule has 2 aliphatic rings. The summed E-state index contributed by atoms with van der Waals surface area (Å²) in [7, 11) is 0. The molecule has 2 atom stereocenters. The lowest BCUT2D eigenvalue weighted by Crippen LogP contribution is -2.46. The van der Waals surface area contributed by atoms with Gasteiger partial charge in [-0.2, -0.15) is 0 Å². The van der Waals surface area contributed by atoms with E-state index in [1.54, 1.807) is 0 Å². The van der Waals surface area contributed by atoms with Gasteiger partial charge in [-0.25, -0.2) is 0 Å². The van der Waals surface area contributed by atoms with Crippen molar-refractivity contribution in [1.29, 1.82) is 0 Å². The minimum absolute atomic E-state index is 0.226. The molecule has 0 spiro atoms. The highest BCUT2D eigenvalue weighted by atomic mass is 16.4. The molecule has 2 aromatic carbocycles. The Balaban J connectivity index is 1.34. The van der Waals surface area contributed by atoms with Gasteiger partial charge in [-0.1, -0.05) is 30.4 Å². The molecule has 2 aromatic rings. The largest absolute Gasteiger partial charge is 0.481 e. The predicted molar refractivity (Wildman–Crippen MR) is 119 cm³/mol. The Hall–Kier alpha value is -3.28. The SMILES string of the molecule is O=C(O)[C@@H]1CC=CC[C@H]1C(=O)Nc1ccc(N2CCN(c3ccccc3)CC2)cc1. The highest BCUT2D eigenvalue weighted by Gasteiger charge is 2.33. The zero-order chi connectivity index (χ0) is 20.9. The number of carbonyl (C=O) groups is 2. The molecule has 6 heteroatoms. The maximum atomic E-state index is 12.6. The normalized spacial score (nSPS) is 21.3. The highest BCUT2D eigenvalue weighted by Crippen LogP contribution is 2.28. The number of amides is 1. The summed E-state index contributed by atoms with van der Waals surface area (Å²) in [6, 6.07) is 18.3. The van der Waals surface area contributed by atoms with Crippen molar-refractivity contribution in [2.75, 3.05) is 41.3 Å². The van der Waals surface area contributed by atoms with Gasteiger partial charge < -0.3 is 20.2 Å². The number of carbonyl (C=O) groups excluding carboxylic acids is 1. The number of benzene rings is 2. The number of hydrogen-bond donors (Lipinski definition) is 2. The number of hydrogen-bond acceptors (Lipinski definition) is 4. The summed E-state index contributed by atoms with van der Waals surface area (Å²) in [5.41, 5.74) is 3.09. The maximum absolute atomic E-state index is 12.6. The van der Waals surface area contributed by atoms with E-state index in [-0.39, 0.29) is 5.91 Å². The van der Waals surface area contributed by atoms with Crippen LogP contribution in [0.25, 0.3) is 0 Å². The van der Waals surface area contributed by atoms with E-state index < -0.39 is 17.8 Å². The molecule has 0 aromatic heterocycles. The van der Waals surface area contributed by atoms with Crippen molar-refractivity contribution in [3.05, 3.63) is 66.7 Å². The number of piperazine rings is 1. The lowest BCUT2D eigenvalue weighted by Gasteiger charge is -2.37. The molecule has 2 N–H and O–H groups in total. The molecule has 1 heterocycles. The molecule has 0 unspecified atom stereocenters. The number of nitrogens with zero attached hydrogens (tertiary/aromatic N) is 2. The number of anilines is 3. The van der Waals surface area contributed by atoms with E-state index in [0.717, 1.165) is 31.9 Å². The Morgan fingerprint density at radius 1 is 0.767 bits per heavy atom. The molecule has 0 radical (unpaired) electrons. The van der Waals surface area contributed by atoms with Gasteiger partial charge in [-0.3, -0.25) is 9.59 Å². The third-order valence-electron chi connectivity index (χ3n) is 5.99. The van der Waals surface area contributed by atoms with Gasteiger partial charge in [0.2, 0.25) is 5.91 Å². The van der Waals surface area contributed by atoms with Gasteiger partial charge >= 0.3 is 5.97 Å². The van der Waals surface area contributed by atoms with Gasteiger partial charge in [-0.15, -0.1) is 0 Å². The Labute approximate surface area is 176 Å². The third-order valence-corrected chi connectivity index (χ3v) is 5.99. The predicted octanol–water partition coefficient (Wildman–Crippen LogP) is 3.62. The van der Waals surface area contributed by atoms with Crippen LogP contribution in [-0.4, -0.2) is 43.2 Å². The van der Waals surface area contributed by atoms with Crippen LogP contribution < -0.4 is 15.1 Å². The van der Waals surface area contributed by atoms with Gasteiger partial charge in [0, 0.05) is 43.2 Å². The summed E-state index contributed by atoms with van der Waals surface area (Å²) in [6.45, 7) is 3.81. The van der Waals surface area contributed by atoms with Crippen LogP contribution in [0.5, 0.6) is 0 Å². The zero-order valence-corrected chi connectivity index (χ0v) is 16.9. The summed E-state index contributed by atoms with van der Waals surface area (Å²) in [4.78, 5) is 28.8. The Morgan fingerprint density at radius 3 is 1.87 bits per heavy atom. The van der Waals surface area contributed by atoms with Crippen molar-refractivity contribution in [2.45, 2.75) is 12.8 Å². The van der Waals surface area contributed by atoms with E-state index in [1.807, 2.05) is 42.5 Å². The number of carboxylic acid groups (broad SMARTS) is 1. The zero-order valence-electron chi connectivity index (χ0n) is 16.9. The lowest BCUT2D eigenvalue weighted by molar-refractivity contribution is -0.146. The standard InChI is InChI=1S/C24H27N3O3/c28-23(21-8-4-5-9-22(21)24(29)30)25-18-10-12-20(13-11-18)27-16-14-26(15-17-27)19-6-2-1-3-7-19/h1-7,10-13,21-22H,8-9,14-17H2,(H,25,28)(H,29,30)/t21-,22-/m1/s1. The van der Waals surface area contributed by atoms with E-state index in [9.17, 15) is 14.7 Å². The number of carboxylic acids is 1. The third kappa shape index (κ3) is 4.48. The number of aliphatic carboxylic acids is 1. The highest BCUT2D eigenvalue weighted by molar-refractivity contribution is 5.95. The van der Waals surface area contributed by atoms with Crippen molar-refractivity contribution in [2.24, 2.45) is 11.8 Å².